The van der Waals surface area contributed by atoms with Gasteiger partial charge >= 0.3 is 0 Å². The summed E-state index contributed by atoms with van der Waals surface area (Å²) in [6.45, 7) is 3.14. The van der Waals surface area contributed by atoms with Crippen molar-refractivity contribution in [3.8, 4) is 0 Å². The summed E-state index contributed by atoms with van der Waals surface area (Å²) in [6, 6.07) is 5.29. The molecule has 0 amide bonds. The van der Waals surface area contributed by atoms with Gasteiger partial charge in [0.25, 0.3) is 0 Å². The van der Waals surface area contributed by atoms with Crippen LogP contribution in [0, 0.1) is 6.92 Å². The molecule has 0 bridgehead atoms. The first-order chi connectivity index (χ1) is 7.98. The lowest BCUT2D eigenvalue weighted by Gasteiger charge is -2.16. The Morgan fingerprint density at radius 2 is 2.24 bits per heavy atom. The van der Waals surface area contributed by atoms with Crippen LogP contribution < -0.4 is 10.5 Å². The first-order valence-electron chi connectivity index (χ1n) is 5.45. The van der Waals surface area contributed by atoms with Crippen molar-refractivity contribution in [3.63, 3.8) is 0 Å². The van der Waals surface area contributed by atoms with E-state index < -0.39 is 10.0 Å². The zero-order valence-corrected chi connectivity index (χ0v) is 10.5. The van der Waals surface area contributed by atoms with E-state index in [1.54, 1.807) is 13.0 Å². The normalized spacial score (nSPS) is 20.5. The van der Waals surface area contributed by atoms with Crippen LogP contribution in [-0.4, -0.2) is 27.7 Å². The van der Waals surface area contributed by atoms with E-state index >= 15 is 0 Å². The summed E-state index contributed by atoms with van der Waals surface area (Å²) in [5.41, 5.74) is 1.45. The third-order valence-corrected chi connectivity index (χ3v) is 3.94. The molecule has 2 rings (SSSR count). The van der Waals surface area contributed by atoms with E-state index in [2.05, 4.69) is 5.32 Å². The monoisotopic (exact) mass is 256 g/mol. The van der Waals surface area contributed by atoms with Gasteiger partial charge in [0.05, 0.1) is 17.5 Å². The molecule has 0 spiro atoms. The van der Waals surface area contributed by atoms with Crippen LogP contribution >= 0.6 is 0 Å². The van der Waals surface area contributed by atoms with Gasteiger partial charge in [-0.3, -0.25) is 0 Å². The lowest BCUT2D eigenvalue weighted by atomic mass is 10.1. The van der Waals surface area contributed by atoms with E-state index in [1.165, 1.54) is 6.07 Å². The van der Waals surface area contributed by atoms with Crippen molar-refractivity contribution in [2.24, 2.45) is 5.14 Å². The van der Waals surface area contributed by atoms with Crippen molar-refractivity contribution in [2.45, 2.75) is 24.3 Å². The molecular weight excluding hydrogens is 240 g/mol. The van der Waals surface area contributed by atoms with Crippen LogP contribution in [0.5, 0.6) is 0 Å². The highest BCUT2D eigenvalue weighted by Gasteiger charge is 2.18. The Balaban J connectivity index is 2.29. The molecule has 3 N–H and O–H groups in total. The summed E-state index contributed by atoms with van der Waals surface area (Å²) in [7, 11) is -3.66. The predicted octanol–water partition coefficient (Wildman–Crippen LogP) is 0.843. The summed E-state index contributed by atoms with van der Waals surface area (Å²) in [4.78, 5) is 0.168. The molecule has 1 saturated heterocycles. The number of primary sulfonamides is 1. The Hall–Kier alpha value is -1.11. The molecule has 1 atom stereocenters. The maximum Gasteiger partial charge on any atom is 0.238 e. The van der Waals surface area contributed by atoms with Crippen LogP contribution in [0.15, 0.2) is 23.1 Å². The molecule has 0 aromatic heterocycles. The Morgan fingerprint density at radius 1 is 1.47 bits per heavy atom. The molecule has 1 aromatic carbocycles. The second-order valence-electron chi connectivity index (χ2n) is 4.18. The molecule has 1 aliphatic rings. The van der Waals surface area contributed by atoms with Crippen molar-refractivity contribution in [2.75, 3.05) is 18.5 Å². The van der Waals surface area contributed by atoms with Crippen molar-refractivity contribution in [1.82, 2.24) is 0 Å². The number of benzene rings is 1. The molecule has 6 heteroatoms. The Labute approximate surface area is 101 Å². The molecular formula is C11H16N2O3S. The number of nitrogens with one attached hydrogen (secondary N) is 1. The van der Waals surface area contributed by atoms with E-state index in [0.29, 0.717) is 12.2 Å². The minimum Gasteiger partial charge on any atom is -0.380 e. The maximum absolute atomic E-state index is 11.4. The molecule has 0 saturated carbocycles. The SMILES string of the molecule is Cc1c(NC2CCOC2)cccc1S(N)(=O)=O. The van der Waals surface area contributed by atoms with Crippen LogP contribution in [0.4, 0.5) is 5.69 Å². The quantitative estimate of drug-likeness (QED) is 0.839. The highest BCUT2D eigenvalue weighted by molar-refractivity contribution is 7.89. The predicted molar refractivity (Wildman–Crippen MR) is 65.4 cm³/mol. The van der Waals surface area contributed by atoms with Gasteiger partial charge in [-0.25, -0.2) is 13.6 Å². The molecule has 1 aliphatic heterocycles. The summed E-state index contributed by atoms with van der Waals surface area (Å²) in [5, 5.41) is 8.43. The topological polar surface area (TPSA) is 81.4 Å². The summed E-state index contributed by atoms with van der Waals surface area (Å²) < 4.78 is 28.0. The largest absolute Gasteiger partial charge is 0.380 e. The average Bonchev–Trinajstić information content (AvgIpc) is 2.72. The lowest BCUT2D eigenvalue weighted by Crippen LogP contribution is -2.21. The number of anilines is 1. The molecule has 1 fully saturated rings. The van der Waals surface area contributed by atoms with Crippen molar-refractivity contribution < 1.29 is 13.2 Å². The Morgan fingerprint density at radius 3 is 2.82 bits per heavy atom. The fraction of sp³-hybridized carbons (Fsp3) is 0.455. The van der Waals surface area contributed by atoms with Gasteiger partial charge in [-0.1, -0.05) is 6.07 Å². The van der Waals surface area contributed by atoms with Gasteiger partial charge in [0.2, 0.25) is 10.0 Å². The highest BCUT2D eigenvalue weighted by Crippen LogP contribution is 2.23. The van der Waals surface area contributed by atoms with Crippen molar-refractivity contribution in [1.29, 1.82) is 0 Å². The number of ether oxygens (including phenoxy) is 1. The lowest BCUT2D eigenvalue weighted by molar-refractivity contribution is 0.195. The van der Waals surface area contributed by atoms with E-state index in [4.69, 9.17) is 9.88 Å². The van der Waals surface area contributed by atoms with Gasteiger partial charge in [0, 0.05) is 12.3 Å². The van der Waals surface area contributed by atoms with Crippen LogP contribution in [-0.2, 0) is 14.8 Å². The zero-order valence-electron chi connectivity index (χ0n) is 9.64. The van der Waals surface area contributed by atoms with Gasteiger partial charge in [0.1, 0.15) is 0 Å². The number of hydrogen-bond acceptors (Lipinski definition) is 4. The third-order valence-electron chi connectivity index (χ3n) is 2.88. The first-order valence-corrected chi connectivity index (χ1v) is 7.00. The number of rotatable bonds is 3. The van der Waals surface area contributed by atoms with Crippen LogP contribution in [0.25, 0.3) is 0 Å². The van der Waals surface area contributed by atoms with E-state index in [0.717, 1.165) is 18.7 Å². The summed E-state index contributed by atoms with van der Waals surface area (Å²) >= 11 is 0. The molecule has 17 heavy (non-hydrogen) atoms. The molecule has 1 aromatic rings. The van der Waals surface area contributed by atoms with Gasteiger partial charge in [-0.2, -0.15) is 0 Å². The van der Waals surface area contributed by atoms with Gasteiger partial charge < -0.3 is 10.1 Å². The molecule has 1 heterocycles. The second-order valence-corrected chi connectivity index (χ2v) is 5.71. The summed E-state index contributed by atoms with van der Waals surface area (Å²) in [5.74, 6) is 0. The zero-order chi connectivity index (χ0) is 12.5. The molecule has 5 nitrogen and oxygen atoms in total. The minimum atomic E-state index is -3.66. The standard InChI is InChI=1S/C11H16N2O3S/c1-8-10(13-9-5-6-16-7-9)3-2-4-11(8)17(12,14)15/h2-4,9,13H,5-7H2,1H3,(H2,12,14,15). The maximum atomic E-state index is 11.4. The van der Waals surface area contributed by atoms with Gasteiger partial charge in [0.15, 0.2) is 0 Å². The van der Waals surface area contributed by atoms with Crippen molar-refractivity contribution in [3.05, 3.63) is 23.8 Å². The van der Waals surface area contributed by atoms with Crippen molar-refractivity contribution >= 4 is 15.7 Å². The first kappa shape index (κ1) is 12.3. The number of nitrogens with two attached hydrogens (primary N) is 1. The summed E-state index contributed by atoms with van der Waals surface area (Å²) in [6.07, 6.45) is 0.930. The van der Waals surface area contributed by atoms with E-state index in [-0.39, 0.29) is 10.9 Å². The number of sulfonamides is 1. The molecule has 0 aliphatic carbocycles. The van der Waals surface area contributed by atoms with Crippen LogP contribution in [0.3, 0.4) is 0 Å². The third kappa shape index (κ3) is 2.77. The van der Waals surface area contributed by atoms with E-state index in [1.807, 2.05) is 6.07 Å². The second kappa shape index (κ2) is 4.64. The fourth-order valence-corrected chi connectivity index (χ4v) is 2.75. The molecule has 1 unspecified atom stereocenters. The van der Waals surface area contributed by atoms with Gasteiger partial charge in [-0.15, -0.1) is 0 Å². The molecule has 94 valence electrons. The average molecular weight is 256 g/mol. The van der Waals surface area contributed by atoms with E-state index in [9.17, 15) is 8.42 Å². The smallest absolute Gasteiger partial charge is 0.238 e. The Bertz CT molecular complexity index is 507. The number of hydrogen-bond donors (Lipinski definition) is 2. The van der Waals surface area contributed by atoms with Gasteiger partial charge in [-0.05, 0) is 31.0 Å². The van der Waals surface area contributed by atoms with Crippen LogP contribution in [0.2, 0.25) is 0 Å². The molecule has 0 radical (unpaired) electrons. The minimum absolute atomic E-state index is 0.168. The van der Waals surface area contributed by atoms with Crippen LogP contribution in [0.1, 0.15) is 12.0 Å². The Kier molecular flexibility index (Phi) is 3.37. The highest BCUT2D eigenvalue weighted by atomic mass is 32.2. The fourth-order valence-electron chi connectivity index (χ4n) is 1.95.